The van der Waals surface area contributed by atoms with Gasteiger partial charge in [-0.05, 0) is 51.3 Å². The van der Waals surface area contributed by atoms with Crippen LogP contribution < -0.4 is 5.32 Å². The first-order valence-electron chi connectivity index (χ1n) is 9.29. The summed E-state index contributed by atoms with van der Waals surface area (Å²) in [4.78, 5) is 34.1. The number of amides is 2. The van der Waals surface area contributed by atoms with E-state index in [4.69, 9.17) is 4.74 Å². The zero-order valence-corrected chi connectivity index (χ0v) is 17.9. The number of aromatic amines is 1. The first kappa shape index (κ1) is 20.4. The van der Waals surface area contributed by atoms with Crippen molar-refractivity contribution in [3.8, 4) is 11.3 Å². The summed E-state index contributed by atoms with van der Waals surface area (Å²) in [5, 5.41) is 2.69. The van der Waals surface area contributed by atoms with Crippen LogP contribution in [-0.4, -0.2) is 45.1 Å². The van der Waals surface area contributed by atoms with E-state index < -0.39 is 17.7 Å². The molecular weight excluding hydrogens is 424 g/mol. The van der Waals surface area contributed by atoms with Crippen molar-refractivity contribution < 1.29 is 14.3 Å². The second kappa shape index (κ2) is 8.34. The minimum Gasteiger partial charge on any atom is -0.444 e. The van der Waals surface area contributed by atoms with Crippen LogP contribution in [0.4, 0.5) is 4.79 Å². The van der Waals surface area contributed by atoms with Crippen LogP contribution in [0.3, 0.4) is 0 Å². The Morgan fingerprint density at radius 1 is 1.36 bits per heavy atom. The third-order valence-electron chi connectivity index (χ3n) is 4.35. The van der Waals surface area contributed by atoms with Gasteiger partial charge in [0.25, 0.3) is 0 Å². The van der Waals surface area contributed by atoms with E-state index in [1.165, 1.54) is 0 Å². The summed E-state index contributed by atoms with van der Waals surface area (Å²) in [6.45, 7) is 6.39. The molecule has 0 unspecified atom stereocenters. The highest BCUT2D eigenvalue weighted by molar-refractivity contribution is 9.10. The molecule has 1 aliphatic heterocycles. The summed E-state index contributed by atoms with van der Waals surface area (Å²) in [5.74, 6) is 0.600. The fourth-order valence-corrected chi connectivity index (χ4v) is 3.35. The number of imidazole rings is 1. The number of rotatable bonds is 4. The van der Waals surface area contributed by atoms with Crippen LogP contribution in [0.2, 0.25) is 0 Å². The van der Waals surface area contributed by atoms with Gasteiger partial charge in [0, 0.05) is 11.0 Å². The second-order valence-electron chi connectivity index (χ2n) is 7.85. The largest absolute Gasteiger partial charge is 0.444 e. The van der Waals surface area contributed by atoms with E-state index in [1.807, 2.05) is 24.3 Å². The molecule has 8 heteroatoms. The van der Waals surface area contributed by atoms with Crippen LogP contribution in [-0.2, 0) is 16.1 Å². The van der Waals surface area contributed by atoms with Crippen molar-refractivity contribution in [1.82, 2.24) is 20.2 Å². The van der Waals surface area contributed by atoms with Crippen LogP contribution in [0.1, 0.15) is 39.4 Å². The van der Waals surface area contributed by atoms with Gasteiger partial charge in [0.1, 0.15) is 17.5 Å². The van der Waals surface area contributed by atoms with E-state index >= 15 is 0 Å². The summed E-state index contributed by atoms with van der Waals surface area (Å²) in [5.41, 5.74) is 1.32. The van der Waals surface area contributed by atoms with Gasteiger partial charge in [-0.25, -0.2) is 9.78 Å². The number of ether oxygens (including phenoxy) is 1. The Kier molecular flexibility index (Phi) is 6.07. The number of hydrogen-bond donors (Lipinski definition) is 2. The lowest BCUT2D eigenvalue weighted by Crippen LogP contribution is -2.52. The van der Waals surface area contributed by atoms with E-state index in [0.29, 0.717) is 25.3 Å². The molecule has 7 nitrogen and oxygen atoms in total. The summed E-state index contributed by atoms with van der Waals surface area (Å²) in [7, 11) is 0. The third kappa shape index (κ3) is 5.34. The quantitative estimate of drug-likeness (QED) is 0.743. The van der Waals surface area contributed by atoms with E-state index in [2.05, 4.69) is 31.2 Å². The molecule has 0 spiro atoms. The summed E-state index contributed by atoms with van der Waals surface area (Å²) in [6.07, 6.45) is 2.62. The molecule has 1 aromatic heterocycles. The number of likely N-dealkylation sites (tertiary alicyclic amines) is 1. The van der Waals surface area contributed by atoms with Crippen LogP contribution in [0, 0.1) is 0 Å². The predicted octanol–water partition coefficient (Wildman–Crippen LogP) is 3.85. The standard InChI is InChI=1S/C20H25BrN4O3/c1-20(2,3)28-19(27)24-15-5-4-10-25(18(15)26)12-17-22-11-16(23-17)13-6-8-14(21)9-7-13/h6-9,11,15H,4-5,10,12H2,1-3H3,(H,22,23)(H,24,27)/t15-/m0/s1. The Bertz CT molecular complexity index is 842. The van der Waals surface area contributed by atoms with Crippen molar-refractivity contribution in [2.24, 2.45) is 0 Å². The van der Waals surface area contributed by atoms with Crippen molar-refractivity contribution in [2.45, 2.75) is 51.8 Å². The van der Waals surface area contributed by atoms with Gasteiger partial charge in [-0.2, -0.15) is 0 Å². The molecule has 2 amide bonds. The molecular formula is C20H25BrN4O3. The highest BCUT2D eigenvalue weighted by Crippen LogP contribution is 2.21. The monoisotopic (exact) mass is 448 g/mol. The van der Waals surface area contributed by atoms with Gasteiger partial charge in [-0.1, -0.05) is 28.1 Å². The first-order valence-corrected chi connectivity index (χ1v) is 10.1. The molecule has 0 saturated carbocycles. The van der Waals surface area contributed by atoms with Gasteiger partial charge in [-0.3, -0.25) is 4.79 Å². The van der Waals surface area contributed by atoms with Crippen LogP contribution in [0.15, 0.2) is 34.9 Å². The Morgan fingerprint density at radius 2 is 2.07 bits per heavy atom. The fourth-order valence-electron chi connectivity index (χ4n) is 3.08. The number of H-pyrrole nitrogens is 1. The molecule has 2 heterocycles. The Labute approximate surface area is 173 Å². The Balaban J connectivity index is 1.62. The highest BCUT2D eigenvalue weighted by atomic mass is 79.9. The number of aromatic nitrogens is 2. The van der Waals surface area contributed by atoms with Crippen molar-refractivity contribution in [1.29, 1.82) is 0 Å². The third-order valence-corrected chi connectivity index (χ3v) is 4.87. The van der Waals surface area contributed by atoms with Crippen molar-refractivity contribution in [3.05, 3.63) is 40.8 Å². The fraction of sp³-hybridized carbons (Fsp3) is 0.450. The smallest absolute Gasteiger partial charge is 0.408 e. The number of hydrogen-bond acceptors (Lipinski definition) is 4. The zero-order chi connectivity index (χ0) is 20.3. The van der Waals surface area contributed by atoms with Gasteiger partial charge < -0.3 is 19.9 Å². The molecule has 0 bridgehead atoms. The lowest BCUT2D eigenvalue weighted by molar-refractivity contribution is -0.136. The summed E-state index contributed by atoms with van der Waals surface area (Å²) < 4.78 is 6.27. The van der Waals surface area contributed by atoms with Gasteiger partial charge in [0.05, 0.1) is 18.4 Å². The van der Waals surface area contributed by atoms with E-state index in [-0.39, 0.29) is 5.91 Å². The van der Waals surface area contributed by atoms with E-state index in [1.54, 1.807) is 31.9 Å². The maximum Gasteiger partial charge on any atom is 0.408 e. The minimum atomic E-state index is -0.598. The number of nitrogens with zero attached hydrogens (tertiary/aromatic N) is 2. The lowest BCUT2D eigenvalue weighted by atomic mass is 10.0. The maximum absolute atomic E-state index is 12.8. The summed E-state index contributed by atoms with van der Waals surface area (Å²) in [6, 6.07) is 7.36. The molecule has 28 heavy (non-hydrogen) atoms. The van der Waals surface area contributed by atoms with Gasteiger partial charge in [-0.15, -0.1) is 0 Å². The minimum absolute atomic E-state index is 0.112. The number of carbonyl (C=O) groups is 2. The van der Waals surface area contributed by atoms with Crippen molar-refractivity contribution >= 4 is 27.9 Å². The first-order chi connectivity index (χ1) is 13.2. The molecule has 1 fully saturated rings. The van der Waals surface area contributed by atoms with E-state index in [0.717, 1.165) is 22.2 Å². The molecule has 150 valence electrons. The predicted molar refractivity (Wildman–Crippen MR) is 110 cm³/mol. The molecule has 3 rings (SSSR count). The molecule has 2 aromatic rings. The molecule has 2 N–H and O–H groups in total. The number of carbonyl (C=O) groups excluding carboxylic acids is 2. The molecule has 1 saturated heterocycles. The number of piperidine rings is 1. The van der Waals surface area contributed by atoms with Gasteiger partial charge in [0.2, 0.25) is 5.91 Å². The van der Waals surface area contributed by atoms with Gasteiger partial charge in [0.15, 0.2) is 0 Å². The topological polar surface area (TPSA) is 87.3 Å². The van der Waals surface area contributed by atoms with Crippen LogP contribution in [0.25, 0.3) is 11.3 Å². The van der Waals surface area contributed by atoms with Crippen LogP contribution >= 0.6 is 15.9 Å². The number of nitrogens with one attached hydrogen (secondary N) is 2. The van der Waals surface area contributed by atoms with Crippen molar-refractivity contribution in [2.75, 3.05) is 6.54 Å². The van der Waals surface area contributed by atoms with E-state index in [9.17, 15) is 9.59 Å². The summed E-state index contributed by atoms with van der Waals surface area (Å²) >= 11 is 3.43. The number of halogens is 1. The Hall–Kier alpha value is -2.35. The van der Waals surface area contributed by atoms with Crippen molar-refractivity contribution in [3.63, 3.8) is 0 Å². The SMILES string of the molecule is CC(C)(C)OC(=O)N[C@H]1CCCN(Cc2ncc(-c3ccc(Br)cc3)[nH]2)C1=O. The average Bonchev–Trinajstić information content (AvgIpc) is 3.06. The highest BCUT2D eigenvalue weighted by Gasteiger charge is 2.31. The maximum atomic E-state index is 12.8. The average molecular weight is 449 g/mol. The Morgan fingerprint density at radius 3 is 2.75 bits per heavy atom. The lowest BCUT2D eigenvalue weighted by Gasteiger charge is -2.32. The molecule has 1 aromatic carbocycles. The zero-order valence-electron chi connectivity index (χ0n) is 16.3. The van der Waals surface area contributed by atoms with Gasteiger partial charge >= 0.3 is 6.09 Å². The normalized spacial score (nSPS) is 17.5. The number of benzene rings is 1. The molecule has 0 radical (unpaired) electrons. The second-order valence-corrected chi connectivity index (χ2v) is 8.77. The molecule has 1 atom stereocenters. The van der Waals surface area contributed by atoms with Crippen LogP contribution in [0.5, 0.6) is 0 Å². The number of alkyl carbamates (subject to hydrolysis) is 1. The molecule has 0 aliphatic carbocycles. The molecule has 1 aliphatic rings.